The van der Waals surface area contributed by atoms with E-state index in [1.807, 2.05) is 0 Å². The van der Waals surface area contributed by atoms with E-state index >= 15 is 0 Å². The number of nitrogens with two attached hydrogens (primary N) is 1. The maximum atomic E-state index is 12.0. The van der Waals surface area contributed by atoms with Crippen LogP contribution in [0.15, 0.2) is 0 Å². The van der Waals surface area contributed by atoms with Gasteiger partial charge in [0.15, 0.2) is 0 Å². The van der Waals surface area contributed by atoms with Crippen molar-refractivity contribution < 1.29 is 24.6 Å². The molecule has 7 nitrogen and oxygen atoms in total. The molecule has 2 unspecified atom stereocenters. The Bertz CT molecular complexity index is 495. The Morgan fingerprint density at radius 3 is 1.84 bits per heavy atom. The van der Waals surface area contributed by atoms with Gasteiger partial charge >= 0.3 is 5.97 Å². The fourth-order valence-corrected chi connectivity index (χ4v) is 5.25. The molecule has 0 radical (unpaired) electrons. The van der Waals surface area contributed by atoms with Gasteiger partial charge in [-0.1, -0.05) is 92.7 Å². The standard InChI is InChI=1S/C22H42N2O5S2/c1-2-3-4-5-6-7-8-9-10-11-12-13-20(25)24-19(22(28)29)15-17-31-30-16-14-18(23)21(26)27/h18-19H,2-17,23H2,1H3,(H,24,25)(H,26,27)(H,28,29)/p-1. The first-order chi connectivity index (χ1) is 14.9. The molecule has 0 aromatic carbocycles. The van der Waals surface area contributed by atoms with Crippen molar-refractivity contribution >= 4 is 39.4 Å². The van der Waals surface area contributed by atoms with Crippen LogP contribution >= 0.6 is 21.6 Å². The molecule has 0 aliphatic heterocycles. The normalized spacial score (nSPS) is 13.0. The van der Waals surface area contributed by atoms with Crippen LogP contribution in [0.5, 0.6) is 0 Å². The van der Waals surface area contributed by atoms with Crippen molar-refractivity contribution in [1.82, 2.24) is 5.32 Å². The molecular formula is C22H41N2O5S2-. The van der Waals surface area contributed by atoms with Crippen LogP contribution in [0.1, 0.15) is 96.8 Å². The average Bonchev–Trinajstić information content (AvgIpc) is 2.73. The molecule has 0 aromatic heterocycles. The highest BCUT2D eigenvalue weighted by Gasteiger charge is 2.14. The van der Waals surface area contributed by atoms with Crippen LogP contribution in [0.3, 0.4) is 0 Å². The molecule has 0 aliphatic carbocycles. The van der Waals surface area contributed by atoms with Gasteiger partial charge in [-0.25, -0.2) is 0 Å². The molecule has 0 fully saturated rings. The second-order valence-electron chi connectivity index (χ2n) is 7.89. The van der Waals surface area contributed by atoms with Gasteiger partial charge in [-0.2, -0.15) is 0 Å². The lowest BCUT2D eigenvalue weighted by atomic mass is 10.1. The molecule has 0 aromatic rings. The largest absolute Gasteiger partial charge is 0.548 e. The van der Waals surface area contributed by atoms with Crippen molar-refractivity contribution in [3.05, 3.63) is 0 Å². The molecule has 0 saturated heterocycles. The minimum absolute atomic E-state index is 0.241. The zero-order chi connectivity index (χ0) is 23.3. The molecule has 0 aliphatic rings. The van der Waals surface area contributed by atoms with Crippen LogP contribution in [0.2, 0.25) is 0 Å². The predicted molar refractivity (Wildman–Crippen MR) is 128 cm³/mol. The first kappa shape index (κ1) is 30.1. The third-order valence-corrected chi connectivity index (χ3v) is 7.50. The number of carboxylic acids is 2. The Morgan fingerprint density at radius 2 is 1.35 bits per heavy atom. The number of rotatable bonds is 22. The van der Waals surface area contributed by atoms with Gasteiger partial charge in [-0.05, 0) is 19.3 Å². The average molecular weight is 478 g/mol. The van der Waals surface area contributed by atoms with E-state index in [-0.39, 0.29) is 12.3 Å². The second-order valence-corrected chi connectivity index (χ2v) is 10.6. The van der Waals surface area contributed by atoms with Crippen molar-refractivity contribution in [2.45, 2.75) is 109 Å². The number of nitrogens with one attached hydrogen (secondary N) is 1. The summed E-state index contributed by atoms with van der Waals surface area (Å²) in [6, 6.07) is -1.87. The van der Waals surface area contributed by atoms with Crippen molar-refractivity contribution in [2.75, 3.05) is 11.5 Å². The minimum atomic E-state index is -1.27. The van der Waals surface area contributed by atoms with E-state index in [0.29, 0.717) is 24.3 Å². The van der Waals surface area contributed by atoms with E-state index in [2.05, 4.69) is 12.2 Å². The number of hydrogen-bond donors (Lipinski definition) is 3. The van der Waals surface area contributed by atoms with Crippen LogP contribution in [0.4, 0.5) is 0 Å². The molecule has 4 N–H and O–H groups in total. The van der Waals surface area contributed by atoms with E-state index in [1.54, 1.807) is 0 Å². The van der Waals surface area contributed by atoms with Crippen molar-refractivity contribution in [1.29, 1.82) is 0 Å². The summed E-state index contributed by atoms with van der Waals surface area (Å²) in [4.78, 5) is 33.9. The summed E-state index contributed by atoms with van der Waals surface area (Å²) in [5.41, 5.74) is 5.42. The highest BCUT2D eigenvalue weighted by molar-refractivity contribution is 8.76. The summed E-state index contributed by atoms with van der Waals surface area (Å²) in [5, 5.41) is 22.5. The van der Waals surface area contributed by atoms with Gasteiger partial charge in [0.05, 0.1) is 12.0 Å². The molecular weight excluding hydrogens is 436 g/mol. The summed E-state index contributed by atoms with van der Waals surface area (Å²) in [7, 11) is 2.89. The van der Waals surface area contributed by atoms with Crippen LogP contribution in [0, 0.1) is 0 Å². The first-order valence-electron chi connectivity index (χ1n) is 11.6. The van der Waals surface area contributed by atoms with Gasteiger partial charge in [-0.3, -0.25) is 9.59 Å². The number of carbonyl (C=O) groups is 3. The number of unbranched alkanes of at least 4 members (excludes halogenated alkanes) is 10. The van der Waals surface area contributed by atoms with Gasteiger partial charge in [0.1, 0.15) is 6.04 Å². The molecule has 2 atom stereocenters. The summed E-state index contributed by atoms with van der Waals surface area (Å²) in [6.45, 7) is 2.23. The van der Waals surface area contributed by atoms with Crippen molar-refractivity contribution in [3.63, 3.8) is 0 Å². The summed E-state index contributed by atoms with van der Waals surface area (Å²) in [5.74, 6) is -1.45. The Kier molecular flexibility index (Phi) is 20.3. The van der Waals surface area contributed by atoms with E-state index in [1.165, 1.54) is 73.0 Å². The predicted octanol–water partition coefficient (Wildman–Crippen LogP) is 3.50. The van der Waals surface area contributed by atoms with Crippen molar-refractivity contribution in [2.24, 2.45) is 5.73 Å². The van der Waals surface area contributed by atoms with E-state index < -0.39 is 24.0 Å². The van der Waals surface area contributed by atoms with Gasteiger partial charge in [-0.15, -0.1) is 0 Å². The number of aliphatic carboxylic acids is 2. The second kappa shape index (κ2) is 20.9. The monoisotopic (exact) mass is 477 g/mol. The number of carboxylic acid groups (broad SMARTS) is 2. The topological polar surface area (TPSA) is 133 Å². The van der Waals surface area contributed by atoms with Gasteiger partial charge in [0.25, 0.3) is 0 Å². The molecule has 0 spiro atoms. The highest BCUT2D eigenvalue weighted by atomic mass is 33.1. The molecule has 31 heavy (non-hydrogen) atoms. The van der Waals surface area contributed by atoms with Crippen LogP contribution < -0.4 is 16.2 Å². The third-order valence-electron chi connectivity index (χ3n) is 5.03. The fraction of sp³-hybridized carbons (Fsp3) is 0.864. The zero-order valence-corrected chi connectivity index (χ0v) is 20.6. The lowest BCUT2D eigenvalue weighted by Gasteiger charge is -2.19. The molecule has 1 amide bonds. The van der Waals surface area contributed by atoms with Gasteiger partial charge in [0.2, 0.25) is 5.91 Å². The van der Waals surface area contributed by atoms with Gasteiger partial charge < -0.3 is 26.1 Å². The minimum Gasteiger partial charge on any atom is -0.548 e. The van der Waals surface area contributed by atoms with E-state index in [0.717, 1.165) is 19.3 Å². The molecule has 0 rings (SSSR count). The first-order valence-corrected chi connectivity index (χ1v) is 14.1. The maximum Gasteiger partial charge on any atom is 0.320 e. The summed E-state index contributed by atoms with van der Waals surface area (Å²) in [6.07, 6.45) is 14.2. The lowest BCUT2D eigenvalue weighted by molar-refractivity contribution is -0.308. The Morgan fingerprint density at radius 1 is 0.871 bits per heavy atom. The van der Waals surface area contributed by atoms with Crippen LogP contribution in [-0.2, 0) is 14.4 Å². The number of amides is 1. The molecule has 0 heterocycles. The quantitative estimate of drug-likeness (QED) is 0.159. The molecule has 0 bridgehead atoms. The summed E-state index contributed by atoms with van der Waals surface area (Å²) >= 11 is 0. The maximum absolute atomic E-state index is 12.0. The van der Waals surface area contributed by atoms with Crippen LogP contribution in [-0.4, -0.2) is 46.5 Å². The van der Waals surface area contributed by atoms with Gasteiger partial charge in [0, 0.05) is 17.9 Å². The summed E-state index contributed by atoms with van der Waals surface area (Å²) < 4.78 is 0. The molecule has 9 heteroatoms. The fourth-order valence-electron chi connectivity index (χ4n) is 3.05. The molecule has 182 valence electrons. The Balaban J connectivity index is 3.70. The lowest BCUT2D eigenvalue weighted by Crippen LogP contribution is -2.48. The molecule has 0 saturated carbocycles. The Labute approximate surface area is 195 Å². The highest BCUT2D eigenvalue weighted by Crippen LogP contribution is 2.23. The SMILES string of the molecule is CCCCCCCCCCCCCC(=O)NC(CCSSCCC(N)C(=O)O)C(=O)[O-]. The van der Waals surface area contributed by atoms with E-state index in [4.69, 9.17) is 10.8 Å². The third kappa shape index (κ3) is 19.5. The Hall–Kier alpha value is -0.930. The zero-order valence-electron chi connectivity index (χ0n) is 18.9. The van der Waals surface area contributed by atoms with Crippen molar-refractivity contribution in [3.8, 4) is 0 Å². The number of carbonyl (C=O) groups excluding carboxylic acids is 2. The van der Waals surface area contributed by atoms with E-state index in [9.17, 15) is 19.5 Å². The van der Waals surface area contributed by atoms with Crippen LogP contribution in [0.25, 0.3) is 0 Å². The number of hydrogen-bond acceptors (Lipinski definition) is 7. The smallest absolute Gasteiger partial charge is 0.320 e.